The average molecular weight is 315 g/mol. The van der Waals surface area contributed by atoms with E-state index >= 15 is 0 Å². The molecule has 0 saturated heterocycles. The molecule has 6 heteroatoms. The summed E-state index contributed by atoms with van der Waals surface area (Å²) >= 11 is 1.46. The summed E-state index contributed by atoms with van der Waals surface area (Å²) in [5, 5.41) is 8.46. The molecule has 0 atom stereocenters. The Labute approximate surface area is 132 Å². The zero-order valence-electron chi connectivity index (χ0n) is 12.2. The standard InChI is InChI=1S/C16H17N3O2S/c1-10-2-9-14(22-10)15(20)17-11-3-5-12(6-4-11)18-16(21)19-13-7-8-13/h2-6,9,13H,7-8H2,1H3,(H,17,20)(H2,18,19,21). The number of urea groups is 1. The van der Waals surface area contributed by atoms with Gasteiger partial charge in [-0.2, -0.15) is 0 Å². The number of rotatable bonds is 4. The molecule has 1 aromatic heterocycles. The van der Waals surface area contributed by atoms with Crippen LogP contribution in [-0.4, -0.2) is 18.0 Å². The second-order valence-corrected chi connectivity index (χ2v) is 6.60. The molecule has 1 heterocycles. The van der Waals surface area contributed by atoms with Crippen molar-refractivity contribution in [3.8, 4) is 0 Å². The topological polar surface area (TPSA) is 70.2 Å². The number of benzene rings is 1. The molecule has 22 heavy (non-hydrogen) atoms. The fraction of sp³-hybridized carbons (Fsp3) is 0.250. The van der Waals surface area contributed by atoms with Crippen LogP contribution in [0.2, 0.25) is 0 Å². The van der Waals surface area contributed by atoms with Crippen molar-refractivity contribution in [2.75, 3.05) is 10.6 Å². The first-order valence-electron chi connectivity index (χ1n) is 7.15. The van der Waals surface area contributed by atoms with Gasteiger partial charge in [0.25, 0.3) is 5.91 Å². The van der Waals surface area contributed by atoms with E-state index < -0.39 is 0 Å². The van der Waals surface area contributed by atoms with Crippen LogP contribution < -0.4 is 16.0 Å². The van der Waals surface area contributed by atoms with Crippen molar-refractivity contribution < 1.29 is 9.59 Å². The van der Waals surface area contributed by atoms with Gasteiger partial charge in [0.05, 0.1) is 4.88 Å². The van der Waals surface area contributed by atoms with Crippen LogP contribution in [0.4, 0.5) is 16.2 Å². The van der Waals surface area contributed by atoms with E-state index in [0.717, 1.165) is 17.7 Å². The van der Waals surface area contributed by atoms with Crippen molar-refractivity contribution in [3.05, 3.63) is 46.2 Å². The van der Waals surface area contributed by atoms with Gasteiger partial charge in [-0.1, -0.05) is 0 Å². The van der Waals surface area contributed by atoms with E-state index in [1.165, 1.54) is 11.3 Å². The van der Waals surface area contributed by atoms with Gasteiger partial charge >= 0.3 is 6.03 Å². The van der Waals surface area contributed by atoms with Crippen LogP contribution in [0, 0.1) is 6.92 Å². The Bertz CT molecular complexity index is 690. The summed E-state index contributed by atoms with van der Waals surface area (Å²) in [6, 6.07) is 10.9. The lowest BCUT2D eigenvalue weighted by Gasteiger charge is -2.08. The van der Waals surface area contributed by atoms with Crippen molar-refractivity contribution in [2.45, 2.75) is 25.8 Å². The quantitative estimate of drug-likeness (QED) is 0.807. The summed E-state index contributed by atoms with van der Waals surface area (Å²) in [7, 11) is 0. The van der Waals surface area contributed by atoms with Crippen molar-refractivity contribution in [2.24, 2.45) is 0 Å². The van der Waals surface area contributed by atoms with Crippen molar-refractivity contribution in [1.82, 2.24) is 5.32 Å². The van der Waals surface area contributed by atoms with Crippen LogP contribution in [0.15, 0.2) is 36.4 Å². The second-order valence-electron chi connectivity index (χ2n) is 5.31. The number of thiophene rings is 1. The van der Waals surface area contributed by atoms with Crippen molar-refractivity contribution >= 4 is 34.6 Å². The maximum absolute atomic E-state index is 12.0. The third-order valence-electron chi connectivity index (χ3n) is 3.28. The van der Waals surface area contributed by atoms with Crippen LogP contribution in [0.25, 0.3) is 0 Å². The van der Waals surface area contributed by atoms with Crippen LogP contribution in [0.3, 0.4) is 0 Å². The van der Waals surface area contributed by atoms with E-state index in [4.69, 9.17) is 0 Å². The monoisotopic (exact) mass is 315 g/mol. The molecule has 5 nitrogen and oxygen atoms in total. The zero-order chi connectivity index (χ0) is 15.5. The molecule has 0 unspecified atom stereocenters. The Hall–Kier alpha value is -2.34. The largest absolute Gasteiger partial charge is 0.335 e. The van der Waals surface area contributed by atoms with Gasteiger partial charge in [-0.25, -0.2) is 4.79 Å². The Morgan fingerprint density at radius 3 is 2.18 bits per heavy atom. The summed E-state index contributed by atoms with van der Waals surface area (Å²) < 4.78 is 0. The highest BCUT2D eigenvalue weighted by Crippen LogP contribution is 2.20. The molecule has 0 bridgehead atoms. The fourth-order valence-electron chi connectivity index (χ4n) is 1.97. The lowest BCUT2D eigenvalue weighted by atomic mass is 10.2. The Balaban J connectivity index is 1.56. The van der Waals surface area contributed by atoms with Gasteiger partial charge < -0.3 is 16.0 Å². The zero-order valence-corrected chi connectivity index (χ0v) is 13.0. The molecule has 2 aromatic rings. The third kappa shape index (κ3) is 3.85. The molecule has 114 valence electrons. The molecule has 3 N–H and O–H groups in total. The SMILES string of the molecule is Cc1ccc(C(=O)Nc2ccc(NC(=O)NC3CC3)cc2)s1. The van der Waals surface area contributed by atoms with E-state index in [1.54, 1.807) is 24.3 Å². The normalized spacial score (nSPS) is 13.5. The van der Waals surface area contributed by atoms with Gasteiger partial charge in [0.15, 0.2) is 0 Å². The van der Waals surface area contributed by atoms with Gasteiger partial charge in [0.2, 0.25) is 0 Å². The lowest BCUT2D eigenvalue weighted by Crippen LogP contribution is -2.30. The van der Waals surface area contributed by atoms with E-state index in [0.29, 0.717) is 22.3 Å². The predicted octanol–water partition coefficient (Wildman–Crippen LogP) is 3.59. The maximum Gasteiger partial charge on any atom is 0.319 e. The summed E-state index contributed by atoms with van der Waals surface area (Å²) in [6.45, 7) is 1.97. The Kier molecular flexibility index (Phi) is 4.11. The number of nitrogens with one attached hydrogen (secondary N) is 3. The highest BCUT2D eigenvalue weighted by atomic mass is 32.1. The highest BCUT2D eigenvalue weighted by molar-refractivity contribution is 7.14. The van der Waals surface area contributed by atoms with Crippen LogP contribution >= 0.6 is 11.3 Å². The number of amides is 3. The Morgan fingerprint density at radius 2 is 1.64 bits per heavy atom. The van der Waals surface area contributed by atoms with Crippen LogP contribution in [-0.2, 0) is 0 Å². The van der Waals surface area contributed by atoms with Gasteiger partial charge in [-0.15, -0.1) is 11.3 Å². The molecule has 1 aromatic carbocycles. The summed E-state index contributed by atoms with van der Waals surface area (Å²) in [5.41, 5.74) is 1.40. The number of carbonyl (C=O) groups excluding carboxylic acids is 2. The minimum atomic E-state index is -0.187. The molecule has 0 radical (unpaired) electrons. The first-order valence-corrected chi connectivity index (χ1v) is 7.97. The minimum absolute atomic E-state index is 0.120. The first-order chi connectivity index (χ1) is 10.6. The summed E-state index contributed by atoms with van der Waals surface area (Å²) in [6.07, 6.45) is 2.11. The van der Waals surface area contributed by atoms with E-state index in [9.17, 15) is 9.59 Å². The Morgan fingerprint density at radius 1 is 1.00 bits per heavy atom. The number of carbonyl (C=O) groups is 2. The van der Waals surface area contributed by atoms with E-state index in [-0.39, 0.29) is 11.9 Å². The molecule has 3 rings (SSSR count). The molecular weight excluding hydrogens is 298 g/mol. The number of anilines is 2. The molecule has 1 aliphatic carbocycles. The number of hydrogen-bond acceptors (Lipinski definition) is 3. The smallest absolute Gasteiger partial charge is 0.319 e. The molecule has 1 saturated carbocycles. The molecule has 0 aliphatic heterocycles. The molecule has 1 aliphatic rings. The van der Waals surface area contributed by atoms with Gasteiger partial charge in [0.1, 0.15) is 0 Å². The van der Waals surface area contributed by atoms with Gasteiger partial charge in [0, 0.05) is 22.3 Å². The summed E-state index contributed by atoms with van der Waals surface area (Å²) in [5.74, 6) is -0.120. The fourth-order valence-corrected chi connectivity index (χ4v) is 2.73. The second kappa shape index (κ2) is 6.19. The molecule has 1 fully saturated rings. The summed E-state index contributed by atoms with van der Waals surface area (Å²) in [4.78, 5) is 25.4. The minimum Gasteiger partial charge on any atom is -0.335 e. The van der Waals surface area contributed by atoms with Crippen LogP contribution in [0.5, 0.6) is 0 Å². The highest BCUT2D eigenvalue weighted by Gasteiger charge is 2.23. The van der Waals surface area contributed by atoms with Gasteiger partial charge in [-0.3, -0.25) is 4.79 Å². The molecule has 0 spiro atoms. The van der Waals surface area contributed by atoms with Gasteiger partial charge in [-0.05, 0) is 56.2 Å². The average Bonchev–Trinajstić information content (AvgIpc) is 3.18. The maximum atomic E-state index is 12.0. The van der Waals surface area contributed by atoms with Crippen LogP contribution in [0.1, 0.15) is 27.4 Å². The van der Waals surface area contributed by atoms with E-state index in [1.807, 2.05) is 19.1 Å². The van der Waals surface area contributed by atoms with Crippen molar-refractivity contribution in [1.29, 1.82) is 0 Å². The van der Waals surface area contributed by atoms with E-state index in [2.05, 4.69) is 16.0 Å². The number of aryl methyl sites for hydroxylation is 1. The lowest BCUT2D eigenvalue weighted by molar-refractivity contribution is 0.103. The number of hydrogen-bond donors (Lipinski definition) is 3. The molecular formula is C16H17N3O2S. The third-order valence-corrected chi connectivity index (χ3v) is 4.28. The predicted molar refractivity (Wildman–Crippen MR) is 88.6 cm³/mol. The molecule has 3 amide bonds. The van der Waals surface area contributed by atoms with Crippen molar-refractivity contribution in [3.63, 3.8) is 0 Å². The first kappa shape index (κ1) is 14.6.